The van der Waals surface area contributed by atoms with Crippen molar-refractivity contribution in [2.24, 2.45) is 0 Å². The van der Waals surface area contributed by atoms with Gasteiger partial charge in [-0.3, -0.25) is 4.79 Å². The van der Waals surface area contributed by atoms with Gasteiger partial charge in [0.1, 0.15) is 0 Å². The van der Waals surface area contributed by atoms with Crippen molar-refractivity contribution in [3.05, 3.63) is 35.4 Å². The van der Waals surface area contributed by atoms with Gasteiger partial charge in [0.05, 0.1) is 5.56 Å². The number of carbonyl (C=O) groups is 1. The summed E-state index contributed by atoms with van der Waals surface area (Å²) in [6.07, 6.45) is -3.95. The molecule has 16 heavy (non-hydrogen) atoms. The average molecular weight is 229 g/mol. The summed E-state index contributed by atoms with van der Waals surface area (Å²) in [5.41, 5.74) is 0.111. The third-order valence-corrected chi connectivity index (χ3v) is 2.69. The minimum atomic E-state index is -4.30. The lowest BCUT2D eigenvalue weighted by Gasteiger charge is -2.10. The molecule has 1 aliphatic heterocycles. The maximum atomic E-state index is 12.3. The first-order chi connectivity index (χ1) is 7.47. The number of hydrogen-bond acceptors (Lipinski definition) is 1. The molecule has 1 fully saturated rings. The van der Waals surface area contributed by atoms with E-state index >= 15 is 0 Å². The molecule has 1 aromatic carbocycles. The summed E-state index contributed by atoms with van der Waals surface area (Å²) in [6.45, 7) is 0.504. The molecular weight excluding hydrogens is 219 g/mol. The molecule has 86 valence electrons. The van der Waals surface area contributed by atoms with Gasteiger partial charge in [0.15, 0.2) is 0 Å². The molecule has 1 atom stereocenters. The van der Waals surface area contributed by atoms with Gasteiger partial charge in [-0.15, -0.1) is 0 Å². The summed E-state index contributed by atoms with van der Waals surface area (Å²) in [5, 5.41) is 2.65. The molecule has 0 bridgehead atoms. The van der Waals surface area contributed by atoms with Crippen molar-refractivity contribution in [2.45, 2.75) is 18.5 Å². The third-order valence-electron chi connectivity index (χ3n) is 2.69. The molecule has 1 aliphatic rings. The molecule has 1 saturated heterocycles. The van der Waals surface area contributed by atoms with E-state index in [4.69, 9.17) is 0 Å². The molecule has 0 aliphatic carbocycles. The van der Waals surface area contributed by atoms with E-state index in [1.807, 2.05) is 0 Å². The fourth-order valence-corrected chi connectivity index (χ4v) is 1.79. The zero-order chi connectivity index (χ0) is 11.8. The van der Waals surface area contributed by atoms with Crippen molar-refractivity contribution >= 4 is 5.91 Å². The van der Waals surface area contributed by atoms with Gasteiger partial charge >= 0.3 is 6.18 Å². The lowest BCUT2D eigenvalue weighted by Crippen LogP contribution is -2.13. The van der Waals surface area contributed by atoms with Gasteiger partial charge in [-0.2, -0.15) is 13.2 Å². The van der Waals surface area contributed by atoms with E-state index in [2.05, 4.69) is 5.32 Å². The van der Waals surface area contributed by atoms with Gasteiger partial charge in [-0.1, -0.05) is 12.1 Å². The number of halogens is 3. The summed E-state index contributed by atoms with van der Waals surface area (Å²) < 4.78 is 36.9. The molecule has 5 heteroatoms. The number of alkyl halides is 3. The minimum Gasteiger partial charge on any atom is -0.355 e. The topological polar surface area (TPSA) is 29.1 Å². The first-order valence-corrected chi connectivity index (χ1v) is 4.90. The summed E-state index contributed by atoms with van der Waals surface area (Å²) in [7, 11) is 0. The number of carbonyl (C=O) groups excluding carboxylic acids is 1. The third kappa shape index (κ3) is 2.18. The molecule has 0 saturated carbocycles. The summed E-state index contributed by atoms with van der Waals surface area (Å²) in [6, 6.07) is 4.98. The molecule has 1 aromatic rings. The van der Waals surface area contributed by atoms with Crippen LogP contribution in [0.15, 0.2) is 24.3 Å². The molecule has 1 amide bonds. The SMILES string of the molecule is O=C1CC(c2ccc(C(F)(F)F)cc2)CN1. The predicted molar refractivity (Wildman–Crippen MR) is 51.8 cm³/mol. The Labute approximate surface area is 90.5 Å². The zero-order valence-electron chi connectivity index (χ0n) is 8.34. The molecule has 0 aromatic heterocycles. The molecule has 1 unspecified atom stereocenters. The number of hydrogen-bond donors (Lipinski definition) is 1. The zero-order valence-corrected chi connectivity index (χ0v) is 8.34. The second-order valence-corrected chi connectivity index (χ2v) is 3.82. The lowest BCUT2D eigenvalue weighted by molar-refractivity contribution is -0.137. The summed E-state index contributed by atoms with van der Waals surface area (Å²) in [4.78, 5) is 11.0. The van der Waals surface area contributed by atoms with E-state index in [0.717, 1.165) is 17.7 Å². The highest BCUT2D eigenvalue weighted by Crippen LogP contribution is 2.31. The first-order valence-electron chi connectivity index (χ1n) is 4.90. The van der Waals surface area contributed by atoms with Crippen molar-refractivity contribution < 1.29 is 18.0 Å². The Hall–Kier alpha value is -1.52. The monoisotopic (exact) mass is 229 g/mol. The quantitative estimate of drug-likeness (QED) is 0.786. The van der Waals surface area contributed by atoms with Crippen LogP contribution < -0.4 is 5.32 Å². The molecule has 0 radical (unpaired) electrons. The highest BCUT2D eigenvalue weighted by Gasteiger charge is 2.30. The van der Waals surface area contributed by atoms with Crippen LogP contribution in [-0.4, -0.2) is 12.5 Å². The van der Waals surface area contributed by atoms with E-state index in [1.165, 1.54) is 12.1 Å². The van der Waals surface area contributed by atoms with Crippen LogP contribution >= 0.6 is 0 Å². The highest BCUT2D eigenvalue weighted by atomic mass is 19.4. The van der Waals surface area contributed by atoms with Gasteiger partial charge in [-0.25, -0.2) is 0 Å². The Bertz CT molecular complexity index is 397. The number of benzene rings is 1. The van der Waals surface area contributed by atoms with Crippen LogP contribution in [0.4, 0.5) is 13.2 Å². The van der Waals surface area contributed by atoms with E-state index in [0.29, 0.717) is 13.0 Å². The van der Waals surface area contributed by atoms with E-state index in [-0.39, 0.29) is 11.8 Å². The van der Waals surface area contributed by atoms with Gasteiger partial charge in [-0.05, 0) is 17.7 Å². The number of rotatable bonds is 1. The summed E-state index contributed by atoms with van der Waals surface area (Å²) in [5.74, 6) is -0.0559. The van der Waals surface area contributed by atoms with Crippen LogP contribution in [0.25, 0.3) is 0 Å². The fourth-order valence-electron chi connectivity index (χ4n) is 1.79. The second-order valence-electron chi connectivity index (χ2n) is 3.82. The van der Waals surface area contributed by atoms with Crippen LogP contribution in [0.1, 0.15) is 23.5 Å². The minimum absolute atomic E-state index is 0.00483. The molecule has 2 nitrogen and oxygen atoms in total. The van der Waals surface area contributed by atoms with Gasteiger partial charge in [0, 0.05) is 18.9 Å². The van der Waals surface area contributed by atoms with E-state index in [9.17, 15) is 18.0 Å². The molecular formula is C11H10F3NO. The highest BCUT2D eigenvalue weighted by molar-refractivity contribution is 5.79. The van der Waals surface area contributed by atoms with Gasteiger partial charge in [0.25, 0.3) is 0 Å². The molecule has 1 heterocycles. The predicted octanol–water partition coefficient (Wildman–Crippen LogP) is 2.31. The first kappa shape index (κ1) is 11.0. The largest absolute Gasteiger partial charge is 0.416 e. The molecule has 1 N–H and O–H groups in total. The molecule has 2 rings (SSSR count). The Kier molecular flexibility index (Phi) is 2.61. The maximum Gasteiger partial charge on any atom is 0.416 e. The molecule has 0 spiro atoms. The fraction of sp³-hybridized carbons (Fsp3) is 0.364. The van der Waals surface area contributed by atoms with Gasteiger partial charge < -0.3 is 5.32 Å². The van der Waals surface area contributed by atoms with Crippen molar-refractivity contribution in [3.63, 3.8) is 0 Å². The van der Waals surface area contributed by atoms with Crippen molar-refractivity contribution in [1.82, 2.24) is 5.32 Å². The Morgan fingerprint density at radius 1 is 1.19 bits per heavy atom. The van der Waals surface area contributed by atoms with Crippen LogP contribution in [0.2, 0.25) is 0 Å². The average Bonchev–Trinajstić information content (AvgIpc) is 2.64. The number of nitrogens with one attached hydrogen (secondary N) is 1. The standard InChI is InChI=1S/C11H10F3NO/c12-11(13,14)9-3-1-7(2-4-9)8-5-10(16)15-6-8/h1-4,8H,5-6H2,(H,15,16). The van der Waals surface area contributed by atoms with Crippen molar-refractivity contribution in [3.8, 4) is 0 Å². The Morgan fingerprint density at radius 3 is 2.25 bits per heavy atom. The van der Waals surface area contributed by atoms with Crippen LogP contribution in [0.3, 0.4) is 0 Å². The maximum absolute atomic E-state index is 12.3. The summed E-state index contributed by atoms with van der Waals surface area (Å²) >= 11 is 0. The Morgan fingerprint density at radius 2 is 1.81 bits per heavy atom. The smallest absolute Gasteiger partial charge is 0.355 e. The number of amides is 1. The van der Waals surface area contributed by atoms with E-state index < -0.39 is 11.7 Å². The Balaban J connectivity index is 2.17. The van der Waals surface area contributed by atoms with Crippen LogP contribution in [0.5, 0.6) is 0 Å². The normalized spacial score (nSPS) is 20.9. The van der Waals surface area contributed by atoms with Crippen molar-refractivity contribution in [1.29, 1.82) is 0 Å². The van der Waals surface area contributed by atoms with E-state index in [1.54, 1.807) is 0 Å². The van der Waals surface area contributed by atoms with Crippen LogP contribution in [0, 0.1) is 0 Å². The lowest BCUT2D eigenvalue weighted by atomic mass is 9.97. The van der Waals surface area contributed by atoms with Crippen molar-refractivity contribution in [2.75, 3.05) is 6.54 Å². The van der Waals surface area contributed by atoms with Gasteiger partial charge in [0.2, 0.25) is 5.91 Å². The van der Waals surface area contributed by atoms with Crippen LogP contribution in [-0.2, 0) is 11.0 Å². The second kappa shape index (κ2) is 3.81.